The molecule has 1 aliphatic rings. The molecule has 1 aromatic heterocycles. The largest absolute Gasteiger partial charge is 0.341 e. The average Bonchev–Trinajstić information content (AvgIpc) is 3.32. The summed E-state index contributed by atoms with van der Waals surface area (Å²) in [6.45, 7) is 5.41. The summed E-state index contributed by atoms with van der Waals surface area (Å²) < 4.78 is 28.4. The van der Waals surface area contributed by atoms with E-state index in [1.807, 2.05) is 78.7 Å². The van der Waals surface area contributed by atoms with Gasteiger partial charge in [0.05, 0.1) is 21.7 Å². The smallest absolute Gasteiger partial charge is 0.253 e. The third kappa shape index (κ3) is 7.92. The summed E-state index contributed by atoms with van der Waals surface area (Å²) in [4.78, 5) is 25.2. The minimum atomic E-state index is -3.44. The summed E-state index contributed by atoms with van der Waals surface area (Å²) in [5, 5.41) is 0. The van der Waals surface area contributed by atoms with Crippen molar-refractivity contribution < 1.29 is 13.2 Å². The Balaban J connectivity index is 1.13. The molecule has 244 valence electrons. The minimum Gasteiger partial charge on any atom is -0.341 e. The van der Waals surface area contributed by atoms with Crippen molar-refractivity contribution >= 4 is 32.7 Å². The zero-order chi connectivity index (χ0) is 32.6. The topological polar surface area (TPSA) is 78.8 Å². The molecule has 0 aliphatic carbocycles. The van der Waals surface area contributed by atoms with Gasteiger partial charge >= 0.3 is 0 Å². The number of para-hydroxylation sites is 2. The Morgan fingerprint density at radius 2 is 1.45 bits per heavy atom. The molecule has 0 spiro atoms. The molecule has 1 amide bonds. The van der Waals surface area contributed by atoms with E-state index in [1.54, 1.807) is 24.3 Å². The van der Waals surface area contributed by atoms with Crippen LogP contribution in [-0.4, -0.2) is 85.7 Å². The first-order valence-electron chi connectivity index (χ1n) is 16.4. The maximum Gasteiger partial charge on any atom is 0.253 e. The number of benzene rings is 4. The van der Waals surface area contributed by atoms with E-state index in [0.29, 0.717) is 23.5 Å². The van der Waals surface area contributed by atoms with Gasteiger partial charge in [0.1, 0.15) is 0 Å². The van der Waals surface area contributed by atoms with Crippen LogP contribution in [0.2, 0.25) is 0 Å². The van der Waals surface area contributed by atoms with Crippen LogP contribution in [0, 0.1) is 0 Å². The molecule has 0 N–H and O–H groups in total. The number of aromatic nitrogens is 2. The fourth-order valence-electron chi connectivity index (χ4n) is 6.52. The van der Waals surface area contributed by atoms with E-state index in [9.17, 15) is 13.2 Å². The number of anilines is 1. The highest BCUT2D eigenvalue weighted by Crippen LogP contribution is 2.26. The van der Waals surface area contributed by atoms with Gasteiger partial charge in [0.15, 0.2) is 9.84 Å². The molecule has 4 aromatic carbocycles. The first-order chi connectivity index (χ1) is 22.9. The molecule has 0 bridgehead atoms. The van der Waals surface area contributed by atoms with Crippen LogP contribution < -0.4 is 4.90 Å². The maximum atomic E-state index is 13.2. The number of fused-ring (bicyclic) bond motifs is 1. The molecule has 1 fully saturated rings. The lowest BCUT2D eigenvalue weighted by molar-refractivity contribution is 0.0782. The molecule has 1 unspecified atom stereocenters. The van der Waals surface area contributed by atoms with Crippen molar-refractivity contribution in [2.24, 2.45) is 0 Å². The molecule has 0 saturated carbocycles. The van der Waals surface area contributed by atoms with E-state index < -0.39 is 9.84 Å². The van der Waals surface area contributed by atoms with Crippen LogP contribution in [0.1, 0.15) is 34.7 Å². The number of sulfone groups is 1. The second-order valence-electron chi connectivity index (χ2n) is 12.3. The molecule has 47 heavy (non-hydrogen) atoms. The quantitative estimate of drug-likeness (QED) is 0.166. The van der Waals surface area contributed by atoms with Crippen LogP contribution in [0.4, 0.5) is 5.95 Å². The molecule has 1 saturated heterocycles. The fourth-order valence-corrected chi connectivity index (χ4v) is 7.75. The van der Waals surface area contributed by atoms with E-state index in [4.69, 9.17) is 4.98 Å². The summed E-state index contributed by atoms with van der Waals surface area (Å²) in [6.07, 6.45) is 1.92. The van der Waals surface area contributed by atoms with Crippen molar-refractivity contribution in [3.8, 4) is 0 Å². The number of amides is 1. The Morgan fingerprint density at radius 1 is 0.787 bits per heavy atom. The molecular formula is C38H43N5O3S. The van der Waals surface area contributed by atoms with Crippen molar-refractivity contribution in [1.29, 1.82) is 0 Å². The molecule has 6 rings (SSSR count). The number of hydrogen-bond acceptors (Lipinski definition) is 6. The third-order valence-electron chi connectivity index (χ3n) is 9.12. The van der Waals surface area contributed by atoms with Gasteiger partial charge in [-0.3, -0.25) is 4.79 Å². The lowest BCUT2D eigenvalue weighted by atomic mass is 9.94. The van der Waals surface area contributed by atoms with Crippen LogP contribution in [-0.2, 0) is 16.4 Å². The number of carbonyl (C=O) groups is 1. The van der Waals surface area contributed by atoms with Gasteiger partial charge in [0, 0.05) is 51.3 Å². The number of aryl methyl sites for hydroxylation is 1. The van der Waals surface area contributed by atoms with Crippen molar-refractivity contribution in [2.75, 3.05) is 57.0 Å². The van der Waals surface area contributed by atoms with Crippen LogP contribution >= 0.6 is 0 Å². The fraction of sp³-hybridized carbons (Fsp3) is 0.316. The summed E-state index contributed by atoms with van der Waals surface area (Å²) in [7, 11) is -1.54. The predicted octanol–water partition coefficient (Wildman–Crippen LogP) is 5.97. The highest BCUT2D eigenvalue weighted by atomic mass is 32.2. The first-order valence-corrected chi connectivity index (χ1v) is 18.1. The summed E-state index contributed by atoms with van der Waals surface area (Å²) in [5.41, 5.74) is 3.78. The molecule has 1 aliphatic heterocycles. The summed E-state index contributed by atoms with van der Waals surface area (Å²) in [5.74, 6) is 1.09. The summed E-state index contributed by atoms with van der Waals surface area (Å²) in [6, 6.07) is 36.6. The molecule has 8 nitrogen and oxygen atoms in total. The van der Waals surface area contributed by atoms with E-state index >= 15 is 0 Å². The van der Waals surface area contributed by atoms with Crippen LogP contribution in [0.15, 0.2) is 120 Å². The van der Waals surface area contributed by atoms with E-state index in [-0.39, 0.29) is 17.6 Å². The highest BCUT2D eigenvalue weighted by Gasteiger charge is 2.24. The lowest BCUT2D eigenvalue weighted by Gasteiger charge is -2.28. The van der Waals surface area contributed by atoms with Gasteiger partial charge in [-0.15, -0.1) is 0 Å². The zero-order valence-electron chi connectivity index (χ0n) is 27.0. The standard InChI is InChI=1S/C38H43N5O3S/c1-40(37(44)32-16-7-3-8-17-32)30-33(31-14-5-2-6-15-31)22-25-41-23-13-24-42(27-26-41)38-39-35-20-11-12-21-36(35)43(38)28-29-47(45,46)34-18-9-4-10-19-34/h2-12,14-21,33H,13,22-30H2,1H3. The Morgan fingerprint density at radius 3 is 2.19 bits per heavy atom. The number of likely N-dealkylation sites (N-methyl/N-ethyl adjacent to an activating group) is 1. The van der Waals surface area contributed by atoms with E-state index in [2.05, 4.69) is 38.6 Å². The third-order valence-corrected chi connectivity index (χ3v) is 10.8. The number of nitrogens with zero attached hydrogens (tertiary/aromatic N) is 5. The van der Waals surface area contributed by atoms with Gasteiger partial charge in [0.25, 0.3) is 5.91 Å². The number of rotatable bonds is 12. The molecule has 1 atom stereocenters. The Bertz CT molecular complexity index is 1860. The van der Waals surface area contributed by atoms with Crippen LogP contribution in [0.25, 0.3) is 11.0 Å². The van der Waals surface area contributed by atoms with Gasteiger partial charge in [-0.05, 0) is 67.9 Å². The second kappa shape index (κ2) is 15.0. The zero-order valence-corrected chi connectivity index (χ0v) is 27.8. The molecule has 9 heteroatoms. The van der Waals surface area contributed by atoms with Gasteiger partial charge in [0.2, 0.25) is 5.95 Å². The lowest BCUT2D eigenvalue weighted by Crippen LogP contribution is -2.35. The van der Waals surface area contributed by atoms with Crippen LogP contribution in [0.5, 0.6) is 0 Å². The second-order valence-corrected chi connectivity index (χ2v) is 14.4. The number of carbonyl (C=O) groups excluding carboxylic acids is 1. The molecule has 5 aromatic rings. The van der Waals surface area contributed by atoms with E-state index in [0.717, 1.165) is 62.5 Å². The van der Waals surface area contributed by atoms with Gasteiger partial charge < -0.3 is 19.3 Å². The first kappa shape index (κ1) is 32.5. The minimum absolute atomic E-state index is 0.00638. The Hall–Kier alpha value is -4.47. The van der Waals surface area contributed by atoms with Crippen molar-refractivity contribution in [1.82, 2.24) is 19.4 Å². The van der Waals surface area contributed by atoms with Gasteiger partial charge in [-0.25, -0.2) is 13.4 Å². The Labute approximate surface area is 278 Å². The van der Waals surface area contributed by atoms with Gasteiger partial charge in [-0.2, -0.15) is 0 Å². The Kier molecular flexibility index (Phi) is 10.3. The SMILES string of the molecule is CN(CC(CCN1CCCN(c2nc3ccccc3n2CCS(=O)(=O)c2ccccc2)CC1)c1ccccc1)C(=O)c1ccccc1. The molecule has 2 heterocycles. The van der Waals surface area contributed by atoms with Crippen LogP contribution in [0.3, 0.4) is 0 Å². The molecular weight excluding hydrogens is 607 g/mol. The van der Waals surface area contributed by atoms with Crippen molar-refractivity contribution in [3.05, 3.63) is 126 Å². The average molecular weight is 650 g/mol. The highest BCUT2D eigenvalue weighted by molar-refractivity contribution is 7.91. The monoisotopic (exact) mass is 649 g/mol. The number of imidazole rings is 1. The number of hydrogen-bond donors (Lipinski definition) is 0. The van der Waals surface area contributed by atoms with Crippen molar-refractivity contribution in [2.45, 2.75) is 30.2 Å². The maximum absolute atomic E-state index is 13.2. The van der Waals surface area contributed by atoms with Crippen molar-refractivity contribution in [3.63, 3.8) is 0 Å². The predicted molar refractivity (Wildman–Crippen MR) is 189 cm³/mol. The molecule has 0 radical (unpaired) electrons. The van der Waals surface area contributed by atoms with E-state index in [1.165, 1.54) is 5.56 Å². The normalized spacial score (nSPS) is 15.0. The van der Waals surface area contributed by atoms with Gasteiger partial charge in [-0.1, -0.05) is 78.9 Å². The summed E-state index contributed by atoms with van der Waals surface area (Å²) >= 11 is 0.